The van der Waals surface area contributed by atoms with Gasteiger partial charge in [-0.05, 0) is 5.41 Å². The molecule has 0 radical (unpaired) electrons. The summed E-state index contributed by atoms with van der Waals surface area (Å²) >= 11 is 0. The molecule has 0 unspecified atom stereocenters. The van der Waals surface area contributed by atoms with Crippen molar-refractivity contribution in [1.29, 1.82) is 0 Å². The average Bonchev–Trinajstić information content (AvgIpc) is 2.08. The summed E-state index contributed by atoms with van der Waals surface area (Å²) in [5, 5.41) is 11.0. The van der Waals surface area contributed by atoms with Crippen LogP contribution in [0.1, 0.15) is 20.8 Å². The molecule has 18 heavy (non-hydrogen) atoms. The third-order valence-electron chi connectivity index (χ3n) is 2.14. The molecular formula is C10H17F3N2O3. The number of alkyl halides is 3. The van der Waals surface area contributed by atoms with Crippen molar-refractivity contribution >= 4 is 12.0 Å². The molecule has 0 saturated heterocycles. The maximum atomic E-state index is 12.1. The maximum Gasteiger partial charge on any atom is 0.406 e. The maximum absolute atomic E-state index is 12.1. The number of rotatable bonds is 3. The van der Waals surface area contributed by atoms with Crippen LogP contribution in [-0.2, 0) is 4.79 Å². The van der Waals surface area contributed by atoms with Crippen molar-refractivity contribution in [3.63, 3.8) is 0 Å². The van der Waals surface area contributed by atoms with Crippen LogP contribution < -0.4 is 5.32 Å². The average molecular weight is 270 g/mol. The molecule has 0 rings (SSSR count). The number of carboxylic acids is 1. The molecule has 1 atom stereocenters. The number of aliphatic carboxylic acids is 1. The van der Waals surface area contributed by atoms with Crippen LogP contribution in [0, 0.1) is 5.41 Å². The van der Waals surface area contributed by atoms with Gasteiger partial charge in [0.2, 0.25) is 0 Å². The highest BCUT2D eigenvalue weighted by Gasteiger charge is 2.36. The van der Waals surface area contributed by atoms with Gasteiger partial charge in [0.15, 0.2) is 0 Å². The van der Waals surface area contributed by atoms with E-state index in [1.54, 1.807) is 20.8 Å². The van der Waals surface area contributed by atoms with E-state index >= 15 is 0 Å². The molecule has 0 bridgehead atoms. The molecule has 0 heterocycles. The smallest absolute Gasteiger partial charge is 0.406 e. The molecule has 0 fully saturated rings. The summed E-state index contributed by atoms with van der Waals surface area (Å²) in [6.45, 7) is 3.26. The zero-order chi connectivity index (χ0) is 14.7. The van der Waals surface area contributed by atoms with Gasteiger partial charge in [-0.2, -0.15) is 13.2 Å². The first-order valence-corrected chi connectivity index (χ1v) is 5.16. The number of urea groups is 1. The summed E-state index contributed by atoms with van der Waals surface area (Å²) in [6.07, 6.45) is -4.52. The Morgan fingerprint density at radius 2 is 1.72 bits per heavy atom. The first-order chi connectivity index (χ1) is 7.84. The third kappa shape index (κ3) is 5.74. The number of carboxylic acid groups (broad SMARTS) is 1. The van der Waals surface area contributed by atoms with Crippen molar-refractivity contribution < 1.29 is 27.9 Å². The molecule has 0 aliphatic rings. The Morgan fingerprint density at radius 3 is 2.00 bits per heavy atom. The van der Waals surface area contributed by atoms with Crippen molar-refractivity contribution in [3.05, 3.63) is 0 Å². The van der Waals surface area contributed by atoms with Crippen LogP contribution in [0.25, 0.3) is 0 Å². The summed E-state index contributed by atoms with van der Waals surface area (Å²) in [7, 11) is 0.949. The summed E-state index contributed by atoms with van der Waals surface area (Å²) < 4.78 is 36.2. The second-order valence-electron chi connectivity index (χ2n) is 5.06. The molecule has 8 heteroatoms. The van der Waals surface area contributed by atoms with Gasteiger partial charge in [-0.15, -0.1) is 0 Å². The fraction of sp³-hybridized carbons (Fsp3) is 0.800. The first-order valence-electron chi connectivity index (χ1n) is 5.16. The minimum absolute atomic E-state index is 0.391. The zero-order valence-electron chi connectivity index (χ0n) is 10.6. The summed E-state index contributed by atoms with van der Waals surface area (Å²) in [4.78, 5) is 22.8. The predicted octanol–water partition coefficient (Wildman–Crippen LogP) is 1.69. The number of nitrogens with zero attached hydrogens (tertiary/aromatic N) is 1. The summed E-state index contributed by atoms with van der Waals surface area (Å²) in [5.74, 6) is -1.30. The molecule has 0 aliphatic carbocycles. The van der Waals surface area contributed by atoms with Gasteiger partial charge in [0.25, 0.3) is 0 Å². The Kier molecular flexibility index (Phi) is 5.00. The number of hydrogen-bond acceptors (Lipinski definition) is 2. The molecule has 0 spiro atoms. The number of carbonyl (C=O) groups excluding carboxylic acids is 1. The monoisotopic (exact) mass is 270 g/mol. The Hall–Kier alpha value is -1.47. The summed E-state index contributed by atoms with van der Waals surface area (Å²) in [6, 6.07) is -2.34. The fourth-order valence-corrected chi connectivity index (χ4v) is 1.22. The van der Waals surface area contributed by atoms with Gasteiger partial charge < -0.3 is 15.3 Å². The van der Waals surface area contributed by atoms with Crippen molar-refractivity contribution in [3.8, 4) is 0 Å². The molecule has 0 aromatic heterocycles. The van der Waals surface area contributed by atoms with E-state index in [0.717, 1.165) is 7.05 Å². The van der Waals surface area contributed by atoms with Crippen LogP contribution >= 0.6 is 0 Å². The van der Waals surface area contributed by atoms with E-state index in [2.05, 4.69) is 5.32 Å². The van der Waals surface area contributed by atoms with Gasteiger partial charge in [0.05, 0.1) is 0 Å². The van der Waals surface area contributed by atoms with Crippen molar-refractivity contribution in [2.24, 2.45) is 5.41 Å². The normalized spacial score (nSPS) is 13.9. The largest absolute Gasteiger partial charge is 0.480 e. The standard InChI is InChI=1S/C10H17F3N2O3/c1-9(2,3)6(7(16)17)14-8(18)15(4)5-10(11,12)13/h6H,5H2,1-4H3,(H,14,18)(H,16,17)/t6-/m1/s1. The number of carbonyl (C=O) groups is 2. The van der Waals surface area contributed by atoms with Crippen molar-refractivity contribution in [1.82, 2.24) is 10.2 Å². The fourth-order valence-electron chi connectivity index (χ4n) is 1.22. The van der Waals surface area contributed by atoms with Gasteiger partial charge in [-0.25, -0.2) is 9.59 Å². The van der Waals surface area contributed by atoms with E-state index in [1.807, 2.05) is 0 Å². The lowest BCUT2D eigenvalue weighted by Gasteiger charge is -2.30. The minimum Gasteiger partial charge on any atom is -0.480 e. The van der Waals surface area contributed by atoms with E-state index in [1.165, 1.54) is 0 Å². The van der Waals surface area contributed by atoms with Crippen LogP contribution in [0.3, 0.4) is 0 Å². The minimum atomic E-state index is -4.52. The zero-order valence-corrected chi connectivity index (χ0v) is 10.6. The molecule has 0 saturated carbocycles. The highest BCUT2D eigenvalue weighted by molar-refractivity contribution is 5.83. The number of amides is 2. The van der Waals surface area contributed by atoms with Crippen LogP contribution in [0.15, 0.2) is 0 Å². The van der Waals surface area contributed by atoms with Gasteiger partial charge in [0, 0.05) is 7.05 Å². The number of nitrogens with one attached hydrogen (secondary N) is 1. The van der Waals surface area contributed by atoms with Crippen molar-refractivity contribution in [2.45, 2.75) is 33.0 Å². The van der Waals surface area contributed by atoms with Crippen LogP contribution in [0.5, 0.6) is 0 Å². The quantitative estimate of drug-likeness (QED) is 0.820. The molecule has 2 amide bonds. The Labute approximate surface area is 103 Å². The molecule has 0 aromatic carbocycles. The van der Waals surface area contributed by atoms with E-state index in [4.69, 9.17) is 5.11 Å². The molecular weight excluding hydrogens is 253 g/mol. The first kappa shape index (κ1) is 16.5. The lowest BCUT2D eigenvalue weighted by atomic mass is 9.87. The van der Waals surface area contributed by atoms with E-state index in [9.17, 15) is 22.8 Å². The second-order valence-corrected chi connectivity index (χ2v) is 5.06. The molecule has 0 aromatic rings. The van der Waals surface area contributed by atoms with Gasteiger partial charge in [0.1, 0.15) is 12.6 Å². The molecule has 106 valence electrons. The summed E-state index contributed by atoms with van der Waals surface area (Å²) in [5.41, 5.74) is -0.805. The predicted molar refractivity (Wildman–Crippen MR) is 58.1 cm³/mol. The highest BCUT2D eigenvalue weighted by Crippen LogP contribution is 2.20. The number of halogens is 3. The van der Waals surface area contributed by atoms with Crippen molar-refractivity contribution in [2.75, 3.05) is 13.6 Å². The Morgan fingerprint density at radius 1 is 1.28 bits per heavy atom. The lowest BCUT2D eigenvalue weighted by molar-refractivity contribution is -0.142. The molecule has 5 nitrogen and oxygen atoms in total. The Balaban J connectivity index is 4.67. The van der Waals surface area contributed by atoms with Crippen LogP contribution in [0.4, 0.5) is 18.0 Å². The van der Waals surface area contributed by atoms with Gasteiger partial charge in [-0.3, -0.25) is 0 Å². The van der Waals surface area contributed by atoms with Crippen LogP contribution in [0.2, 0.25) is 0 Å². The van der Waals surface area contributed by atoms with E-state index < -0.39 is 36.2 Å². The highest BCUT2D eigenvalue weighted by atomic mass is 19.4. The molecule has 0 aliphatic heterocycles. The second kappa shape index (κ2) is 5.45. The Bertz CT molecular complexity index is 323. The van der Waals surface area contributed by atoms with E-state index in [0.29, 0.717) is 4.90 Å². The third-order valence-corrected chi connectivity index (χ3v) is 2.14. The van der Waals surface area contributed by atoms with Gasteiger partial charge in [-0.1, -0.05) is 20.8 Å². The molecule has 2 N–H and O–H groups in total. The SMILES string of the molecule is CN(CC(F)(F)F)C(=O)N[C@H](C(=O)O)C(C)(C)C. The lowest BCUT2D eigenvalue weighted by Crippen LogP contribution is -2.53. The van der Waals surface area contributed by atoms with Crippen LogP contribution in [-0.4, -0.2) is 47.8 Å². The van der Waals surface area contributed by atoms with Gasteiger partial charge >= 0.3 is 18.2 Å². The number of hydrogen-bond donors (Lipinski definition) is 2. The topological polar surface area (TPSA) is 69.6 Å². The van der Waals surface area contributed by atoms with E-state index in [-0.39, 0.29) is 0 Å².